The molecule has 0 aliphatic carbocycles. The molecule has 0 aromatic carbocycles. The van der Waals surface area contributed by atoms with Crippen molar-refractivity contribution in [3.63, 3.8) is 0 Å². The van der Waals surface area contributed by atoms with E-state index in [2.05, 4.69) is 0 Å². The second-order valence-corrected chi connectivity index (χ2v) is 2.55. The molecule has 0 fully saturated rings. The van der Waals surface area contributed by atoms with Crippen LogP contribution in [0.4, 0.5) is 0 Å². The lowest BCUT2D eigenvalue weighted by atomic mass is 10.1. The van der Waals surface area contributed by atoms with Crippen LogP contribution in [-0.2, 0) is 9.59 Å². The van der Waals surface area contributed by atoms with E-state index in [4.69, 9.17) is 0 Å². The molecular formula is C10H14O2. The van der Waals surface area contributed by atoms with Crippen LogP contribution in [0.5, 0.6) is 0 Å². The summed E-state index contributed by atoms with van der Waals surface area (Å²) in [6.45, 7) is 5.31. The summed E-state index contributed by atoms with van der Waals surface area (Å²) >= 11 is 0. The van der Waals surface area contributed by atoms with Crippen LogP contribution in [0, 0.1) is 0 Å². The minimum Gasteiger partial charge on any atom is -0.298 e. The Morgan fingerprint density at radius 2 is 1.83 bits per heavy atom. The van der Waals surface area contributed by atoms with Crippen molar-refractivity contribution >= 4 is 12.1 Å². The normalized spacial score (nSPS) is 12.9. The SMILES string of the molecule is C/C=C(\C=O)CC(=O)/C(C)=C/C. The van der Waals surface area contributed by atoms with Gasteiger partial charge in [-0.05, 0) is 31.9 Å². The Bertz CT molecular complexity index is 234. The molecule has 0 unspecified atom stereocenters. The predicted molar refractivity (Wildman–Crippen MR) is 48.9 cm³/mol. The average molecular weight is 166 g/mol. The van der Waals surface area contributed by atoms with E-state index in [-0.39, 0.29) is 12.2 Å². The molecule has 0 atom stereocenters. The van der Waals surface area contributed by atoms with E-state index >= 15 is 0 Å². The molecule has 0 aromatic heterocycles. The summed E-state index contributed by atoms with van der Waals surface area (Å²) in [5.74, 6) is 0.0118. The summed E-state index contributed by atoms with van der Waals surface area (Å²) in [6.07, 6.45) is 4.35. The van der Waals surface area contributed by atoms with Gasteiger partial charge in [-0.15, -0.1) is 0 Å². The van der Waals surface area contributed by atoms with E-state index in [9.17, 15) is 9.59 Å². The average Bonchev–Trinajstić information content (AvgIpc) is 2.12. The van der Waals surface area contributed by atoms with Gasteiger partial charge in [-0.2, -0.15) is 0 Å². The molecule has 0 rings (SSSR count). The maximum atomic E-state index is 11.2. The number of rotatable bonds is 4. The van der Waals surface area contributed by atoms with E-state index in [1.807, 2.05) is 6.92 Å². The molecular weight excluding hydrogens is 152 g/mol. The topological polar surface area (TPSA) is 34.1 Å². The van der Waals surface area contributed by atoms with Gasteiger partial charge in [0, 0.05) is 6.42 Å². The van der Waals surface area contributed by atoms with Crippen LogP contribution < -0.4 is 0 Å². The quantitative estimate of drug-likeness (QED) is 0.473. The molecule has 0 N–H and O–H groups in total. The highest BCUT2D eigenvalue weighted by atomic mass is 16.1. The minimum absolute atomic E-state index is 0.0118. The zero-order valence-corrected chi connectivity index (χ0v) is 7.76. The van der Waals surface area contributed by atoms with E-state index in [0.29, 0.717) is 11.1 Å². The fourth-order valence-electron chi connectivity index (χ4n) is 0.698. The molecule has 0 radical (unpaired) electrons. The van der Waals surface area contributed by atoms with Crippen LogP contribution in [-0.4, -0.2) is 12.1 Å². The molecule has 0 heterocycles. The second-order valence-electron chi connectivity index (χ2n) is 2.55. The van der Waals surface area contributed by atoms with Crippen molar-refractivity contribution in [2.24, 2.45) is 0 Å². The summed E-state index contributed by atoms with van der Waals surface area (Å²) in [4.78, 5) is 21.6. The van der Waals surface area contributed by atoms with E-state index in [1.54, 1.807) is 26.0 Å². The van der Waals surface area contributed by atoms with Crippen LogP contribution in [0.15, 0.2) is 23.3 Å². The number of ketones is 1. The molecule has 0 aliphatic rings. The van der Waals surface area contributed by atoms with Gasteiger partial charge in [-0.3, -0.25) is 9.59 Å². The molecule has 2 heteroatoms. The number of carbonyl (C=O) groups is 2. The molecule has 0 aromatic rings. The number of Topliss-reactive ketones (excluding diaryl/α,β-unsaturated/α-hetero) is 1. The van der Waals surface area contributed by atoms with Crippen molar-refractivity contribution in [2.75, 3.05) is 0 Å². The second kappa shape index (κ2) is 5.47. The summed E-state index contributed by atoms with van der Waals surface area (Å²) in [6, 6.07) is 0. The first-order valence-corrected chi connectivity index (χ1v) is 3.92. The van der Waals surface area contributed by atoms with Crippen molar-refractivity contribution in [2.45, 2.75) is 27.2 Å². The number of carbonyl (C=O) groups excluding carboxylic acids is 2. The van der Waals surface area contributed by atoms with Gasteiger partial charge < -0.3 is 0 Å². The predicted octanol–water partition coefficient (Wildman–Crippen LogP) is 2.06. The number of allylic oxidation sites excluding steroid dienone is 4. The highest BCUT2D eigenvalue weighted by Gasteiger charge is 2.05. The minimum atomic E-state index is 0.0118. The van der Waals surface area contributed by atoms with Gasteiger partial charge in [0.1, 0.15) is 6.29 Å². The van der Waals surface area contributed by atoms with Crippen LogP contribution in [0.2, 0.25) is 0 Å². The standard InChI is InChI=1S/C10H14O2/c1-4-8(3)10(12)6-9(5-2)7-11/h4-5,7H,6H2,1-3H3/b8-4+,9-5-. The summed E-state index contributed by atoms with van der Waals surface area (Å²) in [5, 5.41) is 0. The zero-order valence-electron chi connectivity index (χ0n) is 7.76. The fraction of sp³-hybridized carbons (Fsp3) is 0.400. The Morgan fingerprint density at radius 1 is 1.25 bits per heavy atom. The third kappa shape index (κ3) is 3.28. The molecule has 0 aliphatic heterocycles. The Balaban J connectivity index is 4.28. The van der Waals surface area contributed by atoms with Crippen molar-refractivity contribution in [3.05, 3.63) is 23.3 Å². The highest BCUT2D eigenvalue weighted by molar-refractivity contribution is 5.99. The van der Waals surface area contributed by atoms with Crippen molar-refractivity contribution < 1.29 is 9.59 Å². The van der Waals surface area contributed by atoms with E-state index < -0.39 is 0 Å². The first-order chi connectivity index (χ1) is 5.65. The molecule has 0 saturated heterocycles. The monoisotopic (exact) mass is 166 g/mol. The first kappa shape index (κ1) is 10.8. The third-order valence-corrected chi connectivity index (χ3v) is 1.76. The molecule has 0 bridgehead atoms. The smallest absolute Gasteiger partial charge is 0.162 e. The lowest BCUT2D eigenvalue weighted by molar-refractivity contribution is -0.116. The Hall–Kier alpha value is -1.18. The van der Waals surface area contributed by atoms with Gasteiger partial charge in [-0.25, -0.2) is 0 Å². The van der Waals surface area contributed by atoms with E-state index in [1.165, 1.54) is 0 Å². The summed E-state index contributed by atoms with van der Waals surface area (Å²) < 4.78 is 0. The van der Waals surface area contributed by atoms with Gasteiger partial charge in [0.2, 0.25) is 0 Å². The fourth-order valence-corrected chi connectivity index (χ4v) is 0.698. The summed E-state index contributed by atoms with van der Waals surface area (Å²) in [5.41, 5.74) is 1.25. The molecule has 2 nitrogen and oxygen atoms in total. The Kier molecular flexibility index (Phi) is 4.93. The van der Waals surface area contributed by atoms with Crippen LogP contribution >= 0.6 is 0 Å². The molecule has 0 amide bonds. The zero-order chi connectivity index (χ0) is 9.56. The van der Waals surface area contributed by atoms with Gasteiger partial charge >= 0.3 is 0 Å². The molecule has 66 valence electrons. The van der Waals surface area contributed by atoms with Gasteiger partial charge in [-0.1, -0.05) is 12.2 Å². The number of hydrogen-bond donors (Lipinski definition) is 0. The van der Waals surface area contributed by atoms with Gasteiger partial charge in [0.05, 0.1) is 0 Å². The summed E-state index contributed by atoms with van der Waals surface area (Å²) in [7, 11) is 0. The third-order valence-electron chi connectivity index (χ3n) is 1.76. The molecule has 0 saturated carbocycles. The van der Waals surface area contributed by atoms with Gasteiger partial charge in [0.25, 0.3) is 0 Å². The lowest BCUT2D eigenvalue weighted by Gasteiger charge is -1.98. The maximum Gasteiger partial charge on any atom is 0.162 e. The maximum absolute atomic E-state index is 11.2. The van der Waals surface area contributed by atoms with Crippen molar-refractivity contribution in [1.29, 1.82) is 0 Å². The van der Waals surface area contributed by atoms with Crippen LogP contribution in [0.3, 0.4) is 0 Å². The number of aldehydes is 1. The highest BCUT2D eigenvalue weighted by Crippen LogP contribution is 2.04. The van der Waals surface area contributed by atoms with E-state index in [0.717, 1.165) is 6.29 Å². The first-order valence-electron chi connectivity index (χ1n) is 3.92. The Labute approximate surface area is 73.0 Å². The Morgan fingerprint density at radius 3 is 2.17 bits per heavy atom. The number of hydrogen-bond acceptors (Lipinski definition) is 2. The largest absolute Gasteiger partial charge is 0.298 e. The van der Waals surface area contributed by atoms with Crippen LogP contribution in [0.25, 0.3) is 0 Å². The van der Waals surface area contributed by atoms with Crippen LogP contribution in [0.1, 0.15) is 27.2 Å². The molecule has 0 spiro atoms. The molecule has 12 heavy (non-hydrogen) atoms. The van der Waals surface area contributed by atoms with Gasteiger partial charge in [0.15, 0.2) is 5.78 Å². The van der Waals surface area contributed by atoms with Crippen molar-refractivity contribution in [1.82, 2.24) is 0 Å². The lowest BCUT2D eigenvalue weighted by Crippen LogP contribution is -2.01. The van der Waals surface area contributed by atoms with Crippen molar-refractivity contribution in [3.8, 4) is 0 Å².